The Morgan fingerprint density at radius 3 is 2.43 bits per heavy atom. The van der Waals surface area contributed by atoms with Crippen LogP contribution in [0, 0.1) is 0 Å². The second kappa shape index (κ2) is 1.80. The van der Waals surface area contributed by atoms with Crippen molar-refractivity contribution in [3.63, 3.8) is 0 Å². The highest BCUT2D eigenvalue weighted by Crippen LogP contribution is 2.04. The molecule has 0 atom stereocenters. The third kappa shape index (κ3) is 1.14. The standard InChI is InChI=1S/C2BClN2S/c3-1-5-6-2(4)7-1. The van der Waals surface area contributed by atoms with Crippen molar-refractivity contribution in [2.24, 2.45) is 0 Å². The van der Waals surface area contributed by atoms with Gasteiger partial charge >= 0.3 is 0 Å². The Kier molecular flexibility index (Phi) is 1.30. The molecule has 0 bridgehead atoms. The molecule has 1 heterocycles. The highest BCUT2D eigenvalue weighted by atomic mass is 35.5. The van der Waals surface area contributed by atoms with Gasteiger partial charge < -0.3 is 0 Å². The van der Waals surface area contributed by atoms with Gasteiger partial charge in [-0.3, -0.25) is 0 Å². The molecule has 1 aromatic heterocycles. The zero-order chi connectivity index (χ0) is 5.28. The lowest BCUT2D eigenvalue weighted by Gasteiger charge is -1.63. The van der Waals surface area contributed by atoms with Crippen molar-refractivity contribution in [3.8, 4) is 0 Å². The predicted octanol–water partition coefficient (Wildman–Crippen LogP) is -0.0147. The molecule has 1 rings (SSSR count). The molecule has 0 N–H and O–H groups in total. The highest BCUT2D eigenvalue weighted by molar-refractivity contribution is 7.22. The number of rotatable bonds is 0. The van der Waals surface area contributed by atoms with Crippen LogP contribution in [0.1, 0.15) is 0 Å². The molecule has 0 aliphatic heterocycles. The van der Waals surface area contributed by atoms with Crippen molar-refractivity contribution >= 4 is 35.7 Å². The van der Waals surface area contributed by atoms with Gasteiger partial charge in [-0.1, -0.05) is 11.3 Å². The van der Waals surface area contributed by atoms with Crippen molar-refractivity contribution in [1.29, 1.82) is 0 Å². The van der Waals surface area contributed by atoms with Crippen molar-refractivity contribution < 1.29 is 0 Å². The third-order valence-electron chi connectivity index (χ3n) is 0.416. The summed E-state index contributed by atoms with van der Waals surface area (Å²) in [5, 5.41) is 6.86. The molecule has 7 heavy (non-hydrogen) atoms. The van der Waals surface area contributed by atoms with Gasteiger partial charge in [-0.05, 0) is 11.6 Å². The fourth-order valence-electron chi connectivity index (χ4n) is 0.216. The van der Waals surface area contributed by atoms with Crippen LogP contribution in [0.3, 0.4) is 0 Å². The largest absolute Gasteiger partial charge is 0.206 e. The van der Waals surface area contributed by atoms with Gasteiger partial charge in [0.15, 0.2) is 7.85 Å². The minimum absolute atomic E-state index is 0.387. The van der Waals surface area contributed by atoms with Gasteiger partial charge in [0.2, 0.25) is 4.47 Å². The summed E-state index contributed by atoms with van der Waals surface area (Å²) in [6.07, 6.45) is 0. The predicted molar refractivity (Wildman–Crippen MR) is 30.3 cm³/mol. The molecule has 0 aromatic carbocycles. The summed E-state index contributed by atoms with van der Waals surface area (Å²) in [7, 11) is 5.14. The van der Waals surface area contributed by atoms with Crippen LogP contribution in [0.25, 0.3) is 0 Å². The topological polar surface area (TPSA) is 25.8 Å². The quantitative estimate of drug-likeness (QED) is 0.462. The van der Waals surface area contributed by atoms with E-state index in [-0.39, 0.29) is 0 Å². The molecule has 0 saturated carbocycles. The number of nitrogens with zero attached hydrogens (tertiary/aromatic N) is 2. The Morgan fingerprint density at radius 2 is 2.29 bits per heavy atom. The lowest BCUT2D eigenvalue weighted by atomic mass is 10.2. The van der Waals surface area contributed by atoms with Gasteiger partial charge in [-0.25, -0.2) is 0 Å². The van der Waals surface area contributed by atoms with Gasteiger partial charge in [-0.2, -0.15) is 5.10 Å². The van der Waals surface area contributed by atoms with E-state index in [4.69, 9.17) is 19.4 Å². The fourth-order valence-corrected chi connectivity index (χ4v) is 0.827. The van der Waals surface area contributed by atoms with E-state index in [0.717, 1.165) is 11.3 Å². The maximum absolute atomic E-state index is 5.33. The molecule has 0 saturated heterocycles. The summed E-state index contributed by atoms with van der Waals surface area (Å²) in [6, 6.07) is 0. The summed E-state index contributed by atoms with van der Waals surface area (Å²) in [5.41, 5.74) is 0. The second-order valence-corrected chi connectivity index (χ2v) is 2.48. The van der Waals surface area contributed by atoms with E-state index >= 15 is 0 Å². The van der Waals surface area contributed by atoms with Gasteiger partial charge in [0.05, 0.1) is 4.91 Å². The first kappa shape index (κ1) is 5.06. The number of hydrogen-bond acceptors (Lipinski definition) is 3. The number of aromatic nitrogens is 2. The van der Waals surface area contributed by atoms with Crippen molar-refractivity contribution in [3.05, 3.63) is 4.47 Å². The smallest absolute Gasteiger partial charge is 0.154 e. The number of halogens is 1. The van der Waals surface area contributed by atoms with E-state index in [1.54, 1.807) is 0 Å². The third-order valence-corrected chi connectivity index (χ3v) is 1.26. The first-order valence-electron chi connectivity index (χ1n) is 1.53. The molecule has 0 unspecified atom stereocenters. The Labute approximate surface area is 50.9 Å². The lowest BCUT2D eigenvalue weighted by molar-refractivity contribution is 1.11. The molecule has 34 valence electrons. The van der Waals surface area contributed by atoms with Crippen LogP contribution < -0.4 is 4.91 Å². The van der Waals surface area contributed by atoms with Crippen LogP contribution in [-0.4, -0.2) is 18.0 Å². The molecule has 2 nitrogen and oxygen atoms in total. The summed E-state index contributed by atoms with van der Waals surface area (Å²) in [5.74, 6) is 0. The van der Waals surface area contributed by atoms with Crippen molar-refractivity contribution in [2.75, 3.05) is 0 Å². The molecule has 5 heteroatoms. The minimum atomic E-state index is 0.387. The van der Waals surface area contributed by atoms with Crippen LogP contribution in [-0.2, 0) is 0 Å². The van der Waals surface area contributed by atoms with Crippen LogP contribution in [0.4, 0.5) is 0 Å². The Bertz CT molecular complexity index is 148. The van der Waals surface area contributed by atoms with Crippen LogP contribution in [0.5, 0.6) is 0 Å². The monoisotopic (exact) mass is 130 g/mol. The van der Waals surface area contributed by atoms with E-state index in [0.29, 0.717) is 9.37 Å². The lowest BCUT2D eigenvalue weighted by Crippen LogP contribution is -1.97. The van der Waals surface area contributed by atoms with Gasteiger partial charge in [-0.15, -0.1) is 5.10 Å². The van der Waals surface area contributed by atoms with Crippen molar-refractivity contribution in [2.45, 2.75) is 0 Å². The zero-order valence-corrected chi connectivity index (χ0v) is 4.83. The molecular formula is C2BClN2S. The van der Waals surface area contributed by atoms with E-state index in [9.17, 15) is 0 Å². The van der Waals surface area contributed by atoms with Gasteiger partial charge in [0.1, 0.15) is 0 Å². The van der Waals surface area contributed by atoms with E-state index in [1.165, 1.54) is 0 Å². The average molecular weight is 130 g/mol. The molecule has 0 spiro atoms. The summed E-state index contributed by atoms with van der Waals surface area (Å²) < 4.78 is 0.387. The van der Waals surface area contributed by atoms with Crippen LogP contribution in [0.2, 0.25) is 4.47 Å². The van der Waals surface area contributed by atoms with Crippen LogP contribution in [0.15, 0.2) is 0 Å². The van der Waals surface area contributed by atoms with Gasteiger partial charge in [0, 0.05) is 0 Å². The average Bonchev–Trinajstić information content (AvgIpc) is 1.87. The molecule has 1 aromatic rings. The van der Waals surface area contributed by atoms with Crippen molar-refractivity contribution in [1.82, 2.24) is 10.2 Å². The second-order valence-electron chi connectivity index (χ2n) is 0.893. The van der Waals surface area contributed by atoms with Gasteiger partial charge in [0.25, 0.3) is 0 Å². The van der Waals surface area contributed by atoms with E-state index in [2.05, 4.69) is 10.2 Å². The zero-order valence-electron chi connectivity index (χ0n) is 3.26. The first-order valence-corrected chi connectivity index (χ1v) is 2.73. The highest BCUT2D eigenvalue weighted by Gasteiger charge is 1.90. The summed E-state index contributed by atoms with van der Waals surface area (Å²) in [4.78, 5) is 0.407. The molecule has 0 aliphatic carbocycles. The molecule has 2 radical (unpaired) electrons. The summed E-state index contributed by atoms with van der Waals surface area (Å²) in [6.45, 7) is 0. The minimum Gasteiger partial charge on any atom is -0.154 e. The normalized spacial score (nSPS) is 9.29. The number of hydrogen-bond donors (Lipinski definition) is 0. The van der Waals surface area contributed by atoms with E-state index in [1.807, 2.05) is 0 Å². The molecule has 0 aliphatic rings. The molecule has 0 fully saturated rings. The van der Waals surface area contributed by atoms with Crippen LogP contribution >= 0.6 is 22.9 Å². The fraction of sp³-hybridized carbons (Fsp3) is 0. The Morgan fingerprint density at radius 1 is 1.57 bits per heavy atom. The molecular weight excluding hydrogens is 130 g/mol. The maximum Gasteiger partial charge on any atom is 0.206 e. The Hall–Kier alpha value is -0.0851. The van der Waals surface area contributed by atoms with E-state index < -0.39 is 0 Å². The Balaban J connectivity index is 3.04. The first-order chi connectivity index (χ1) is 3.29. The maximum atomic E-state index is 5.33. The molecule has 0 amide bonds. The summed E-state index contributed by atoms with van der Waals surface area (Å²) >= 11 is 6.49. The SMILES string of the molecule is [B]c1nnc(Cl)s1.